The van der Waals surface area contributed by atoms with E-state index < -0.39 is 0 Å². The third kappa shape index (κ3) is 1.13. The molecule has 0 unspecified atom stereocenters. The van der Waals surface area contributed by atoms with Gasteiger partial charge in [0.25, 0.3) is 0 Å². The summed E-state index contributed by atoms with van der Waals surface area (Å²) in [6, 6.07) is 4.03. The lowest BCUT2D eigenvalue weighted by Gasteiger charge is -1.99. The zero-order valence-corrected chi connectivity index (χ0v) is 9.52. The standard InChI is InChI=1S/C12H12N4/c1-7-6-13-9-4-5-10-12(11(9)14-7)15-8(2)16(10)3/h4-6H,1-3H3. The van der Waals surface area contributed by atoms with Gasteiger partial charge >= 0.3 is 0 Å². The van der Waals surface area contributed by atoms with E-state index in [0.717, 1.165) is 33.6 Å². The van der Waals surface area contributed by atoms with Crippen LogP contribution in [0.15, 0.2) is 18.3 Å². The molecule has 4 heteroatoms. The van der Waals surface area contributed by atoms with Crippen LogP contribution in [-0.2, 0) is 7.05 Å². The van der Waals surface area contributed by atoms with Crippen molar-refractivity contribution in [3.63, 3.8) is 0 Å². The molecule has 0 fully saturated rings. The molecule has 0 spiro atoms. The van der Waals surface area contributed by atoms with Crippen LogP contribution in [0.3, 0.4) is 0 Å². The van der Waals surface area contributed by atoms with Crippen LogP contribution in [0.1, 0.15) is 11.5 Å². The van der Waals surface area contributed by atoms with Gasteiger partial charge in [-0.25, -0.2) is 9.97 Å². The minimum Gasteiger partial charge on any atom is -0.331 e. The van der Waals surface area contributed by atoms with E-state index in [1.807, 2.05) is 33.0 Å². The molecular weight excluding hydrogens is 200 g/mol. The molecule has 0 saturated carbocycles. The number of aryl methyl sites for hydroxylation is 3. The monoisotopic (exact) mass is 212 g/mol. The maximum Gasteiger partial charge on any atom is 0.117 e. The summed E-state index contributed by atoms with van der Waals surface area (Å²) >= 11 is 0. The first-order valence-electron chi connectivity index (χ1n) is 5.22. The molecular formula is C12H12N4. The predicted octanol–water partition coefficient (Wildman–Crippen LogP) is 2.13. The minimum atomic E-state index is 0.890. The van der Waals surface area contributed by atoms with Crippen LogP contribution in [-0.4, -0.2) is 19.5 Å². The number of hydrogen-bond acceptors (Lipinski definition) is 3. The Labute approximate surface area is 93.0 Å². The predicted molar refractivity (Wildman–Crippen MR) is 63.3 cm³/mol. The van der Waals surface area contributed by atoms with Crippen molar-refractivity contribution >= 4 is 22.1 Å². The first-order valence-corrected chi connectivity index (χ1v) is 5.22. The smallest absolute Gasteiger partial charge is 0.117 e. The van der Waals surface area contributed by atoms with E-state index in [-0.39, 0.29) is 0 Å². The Kier molecular flexibility index (Phi) is 1.74. The summed E-state index contributed by atoms with van der Waals surface area (Å²) in [5.41, 5.74) is 4.75. The highest BCUT2D eigenvalue weighted by atomic mass is 15.1. The van der Waals surface area contributed by atoms with Crippen molar-refractivity contribution in [2.24, 2.45) is 7.05 Å². The highest BCUT2D eigenvalue weighted by Gasteiger charge is 2.09. The molecule has 0 aliphatic carbocycles. The second-order valence-electron chi connectivity index (χ2n) is 4.03. The molecule has 0 aliphatic heterocycles. The van der Waals surface area contributed by atoms with Crippen molar-refractivity contribution in [3.8, 4) is 0 Å². The number of rotatable bonds is 0. The third-order valence-corrected chi connectivity index (χ3v) is 2.91. The molecule has 0 aliphatic rings. The van der Waals surface area contributed by atoms with Crippen LogP contribution in [0.25, 0.3) is 22.1 Å². The SMILES string of the molecule is Cc1cnc2ccc3c(nc(C)n3C)c2n1. The van der Waals surface area contributed by atoms with Crippen molar-refractivity contribution in [1.82, 2.24) is 19.5 Å². The van der Waals surface area contributed by atoms with Gasteiger partial charge in [0.1, 0.15) is 16.9 Å². The van der Waals surface area contributed by atoms with Crippen molar-refractivity contribution < 1.29 is 0 Å². The van der Waals surface area contributed by atoms with Crippen LogP contribution in [0.2, 0.25) is 0 Å². The lowest BCUT2D eigenvalue weighted by atomic mass is 10.2. The van der Waals surface area contributed by atoms with E-state index in [1.54, 1.807) is 6.20 Å². The number of fused-ring (bicyclic) bond motifs is 3. The molecule has 0 radical (unpaired) electrons. The van der Waals surface area contributed by atoms with E-state index in [4.69, 9.17) is 0 Å². The zero-order chi connectivity index (χ0) is 11.3. The molecule has 0 atom stereocenters. The summed E-state index contributed by atoms with van der Waals surface area (Å²) in [6.45, 7) is 3.94. The van der Waals surface area contributed by atoms with Gasteiger partial charge in [0, 0.05) is 13.2 Å². The van der Waals surface area contributed by atoms with Gasteiger partial charge in [-0.2, -0.15) is 0 Å². The zero-order valence-electron chi connectivity index (χ0n) is 9.52. The van der Waals surface area contributed by atoms with Crippen molar-refractivity contribution in [2.45, 2.75) is 13.8 Å². The fraction of sp³-hybridized carbons (Fsp3) is 0.250. The topological polar surface area (TPSA) is 43.6 Å². The molecule has 0 N–H and O–H groups in total. The molecule has 1 aromatic carbocycles. The number of benzene rings is 1. The van der Waals surface area contributed by atoms with Gasteiger partial charge in [-0.05, 0) is 26.0 Å². The lowest BCUT2D eigenvalue weighted by molar-refractivity contribution is 0.886. The fourth-order valence-electron chi connectivity index (χ4n) is 1.93. The van der Waals surface area contributed by atoms with Crippen molar-refractivity contribution in [3.05, 3.63) is 29.8 Å². The lowest BCUT2D eigenvalue weighted by Crippen LogP contribution is -1.91. The minimum absolute atomic E-state index is 0.890. The third-order valence-electron chi connectivity index (χ3n) is 2.91. The molecule has 3 aromatic rings. The van der Waals surface area contributed by atoms with Gasteiger partial charge in [-0.3, -0.25) is 4.98 Å². The first kappa shape index (κ1) is 9.27. The van der Waals surface area contributed by atoms with E-state index in [0.29, 0.717) is 0 Å². The van der Waals surface area contributed by atoms with Gasteiger partial charge < -0.3 is 4.57 Å². The summed E-state index contributed by atoms with van der Waals surface area (Å²) in [7, 11) is 2.01. The van der Waals surface area contributed by atoms with E-state index in [1.165, 1.54) is 0 Å². The highest BCUT2D eigenvalue weighted by Crippen LogP contribution is 2.22. The fourth-order valence-corrected chi connectivity index (χ4v) is 1.93. The van der Waals surface area contributed by atoms with Gasteiger partial charge in [0.05, 0.1) is 16.7 Å². The maximum absolute atomic E-state index is 4.54. The molecule has 0 amide bonds. The Hall–Kier alpha value is -1.97. The quantitative estimate of drug-likeness (QED) is 0.573. The van der Waals surface area contributed by atoms with Gasteiger partial charge in [-0.1, -0.05) is 0 Å². The number of hydrogen-bond donors (Lipinski definition) is 0. The van der Waals surface area contributed by atoms with Gasteiger partial charge in [-0.15, -0.1) is 0 Å². The molecule has 16 heavy (non-hydrogen) atoms. The highest BCUT2D eigenvalue weighted by molar-refractivity contribution is 6.00. The van der Waals surface area contributed by atoms with E-state index in [9.17, 15) is 0 Å². The molecule has 80 valence electrons. The molecule has 2 heterocycles. The normalized spacial score (nSPS) is 11.4. The van der Waals surface area contributed by atoms with Crippen molar-refractivity contribution in [1.29, 1.82) is 0 Å². The summed E-state index contributed by atoms with van der Waals surface area (Å²) in [5.74, 6) is 0.991. The summed E-state index contributed by atoms with van der Waals surface area (Å²) in [6.07, 6.45) is 1.78. The van der Waals surface area contributed by atoms with E-state index >= 15 is 0 Å². The Morgan fingerprint density at radius 3 is 2.69 bits per heavy atom. The second kappa shape index (κ2) is 3.01. The second-order valence-corrected chi connectivity index (χ2v) is 4.03. The van der Waals surface area contributed by atoms with Crippen LogP contribution >= 0.6 is 0 Å². The average Bonchev–Trinajstić information content (AvgIpc) is 2.56. The first-order chi connectivity index (χ1) is 7.66. The Morgan fingerprint density at radius 1 is 1.06 bits per heavy atom. The number of aromatic nitrogens is 4. The van der Waals surface area contributed by atoms with Crippen LogP contribution in [0.4, 0.5) is 0 Å². The molecule has 0 bridgehead atoms. The van der Waals surface area contributed by atoms with Gasteiger partial charge in [0.2, 0.25) is 0 Å². The molecule has 4 nitrogen and oxygen atoms in total. The van der Waals surface area contributed by atoms with Gasteiger partial charge in [0.15, 0.2) is 0 Å². The largest absolute Gasteiger partial charge is 0.331 e. The van der Waals surface area contributed by atoms with E-state index in [2.05, 4.69) is 19.5 Å². The average molecular weight is 212 g/mol. The maximum atomic E-state index is 4.54. The Morgan fingerprint density at radius 2 is 1.88 bits per heavy atom. The summed E-state index contributed by atoms with van der Waals surface area (Å²) in [5, 5.41) is 0. The number of nitrogens with zero attached hydrogens (tertiary/aromatic N) is 4. The molecule has 2 aromatic heterocycles. The van der Waals surface area contributed by atoms with Crippen LogP contribution in [0.5, 0.6) is 0 Å². The Bertz CT molecular complexity index is 697. The number of imidazole rings is 1. The summed E-state index contributed by atoms with van der Waals surface area (Å²) in [4.78, 5) is 13.4. The van der Waals surface area contributed by atoms with Crippen molar-refractivity contribution in [2.75, 3.05) is 0 Å². The molecule has 0 saturated heterocycles. The van der Waals surface area contributed by atoms with Crippen LogP contribution in [0, 0.1) is 13.8 Å². The van der Waals surface area contributed by atoms with Crippen LogP contribution < -0.4 is 0 Å². The molecule has 3 rings (SSSR count). The summed E-state index contributed by atoms with van der Waals surface area (Å²) < 4.78 is 2.07. The Balaban J connectivity index is 2.57.